The minimum Gasteiger partial charge on any atom is -0.310 e. The van der Waals surface area contributed by atoms with E-state index in [1.807, 2.05) is 13.0 Å². The van der Waals surface area contributed by atoms with Gasteiger partial charge in [0, 0.05) is 4.91 Å². The number of hydrogen-bond donors (Lipinski definition) is 0. The van der Waals surface area contributed by atoms with Gasteiger partial charge in [0.15, 0.2) is 0 Å². The molecule has 0 aromatic heterocycles. The molecule has 5 heteroatoms. The van der Waals surface area contributed by atoms with Gasteiger partial charge >= 0.3 is 0 Å². The van der Waals surface area contributed by atoms with Gasteiger partial charge in [-0.3, -0.25) is 4.79 Å². The molecule has 0 aliphatic carbocycles. The summed E-state index contributed by atoms with van der Waals surface area (Å²) in [6.07, 6.45) is 1.92. The number of nitrogens with zero attached hydrogens (tertiary/aromatic N) is 1. The van der Waals surface area contributed by atoms with Crippen LogP contribution in [-0.4, -0.2) is 26.5 Å². The fourth-order valence-corrected chi connectivity index (χ4v) is 2.66. The van der Waals surface area contributed by atoms with Crippen LogP contribution in [0.5, 0.6) is 0 Å². The van der Waals surface area contributed by atoms with Gasteiger partial charge in [-0.15, -0.1) is 0 Å². The number of rotatable bonds is 2. The lowest BCUT2D eigenvalue weighted by atomic mass is 10.4. The van der Waals surface area contributed by atoms with E-state index in [-0.39, 0.29) is 5.78 Å². The summed E-state index contributed by atoms with van der Waals surface area (Å²) in [5.41, 5.74) is 0. The molecule has 0 atom stereocenters. The third-order valence-corrected chi connectivity index (χ3v) is 3.60. The Bertz CT molecular complexity index is 309. The maximum absolute atomic E-state index is 10.9. The highest BCUT2D eigenvalue weighted by Crippen LogP contribution is 2.31. The molecule has 0 aromatic rings. The van der Waals surface area contributed by atoms with E-state index in [9.17, 15) is 4.79 Å². The van der Waals surface area contributed by atoms with E-state index >= 15 is 0 Å². The smallest absolute Gasteiger partial charge is 0.149 e. The SMILES string of the molecule is C/C=C1\SC(=S)N(CC(C)=O)C1=S. The number of allylic oxidation sites excluding steroid dienone is 1. The summed E-state index contributed by atoms with van der Waals surface area (Å²) in [6, 6.07) is 0. The van der Waals surface area contributed by atoms with Crippen molar-refractivity contribution < 1.29 is 4.79 Å². The van der Waals surface area contributed by atoms with E-state index in [2.05, 4.69) is 0 Å². The normalized spacial score (nSPS) is 20.2. The van der Waals surface area contributed by atoms with Crippen molar-refractivity contribution in [2.24, 2.45) is 0 Å². The Morgan fingerprint density at radius 3 is 2.62 bits per heavy atom. The number of hydrogen-bond acceptors (Lipinski definition) is 4. The molecular weight excluding hydrogens is 222 g/mol. The topological polar surface area (TPSA) is 20.3 Å². The number of carbonyl (C=O) groups is 1. The average molecular weight is 231 g/mol. The van der Waals surface area contributed by atoms with E-state index < -0.39 is 0 Å². The Labute approximate surface area is 92.4 Å². The van der Waals surface area contributed by atoms with Gasteiger partial charge in [0.05, 0.1) is 6.54 Å². The quantitative estimate of drug-likeness (QED) is 0.534. The lowest BCUT2D eigenvalue weighted by molar-refractivity contribution is -0.116. The van der Waals surface area contributed by atoms with Crippen molar-refractivity contribution in [3.63, 3.8) is 0 Å². The highest BCUT2D eigenvalue weighted by molar-refractivity contribution is 8.27. The van der Waals surface area contributed by atoms with Crippen molar-refractivity contribution in [2.45, 2.75) is 13.8 Å². The second-order valence-corrected chi connectivity index (χ2v) is 4.68. The standard InChI is InChI=1S/C8H9NOS3/c1-3-6-7(11)9(4-5(2)10)8(12)13-6/h3H,4H2,1-2H3/b6-3-. The van der Waals surface area contributed by atoms with Crippen LogP contribution in [0.2, 0.25) is 0 Å². The van der Waals surface area contributed by atoms with E-state index in [1.165, 1.54) is 18.7 Å². The van der Waals surface area contributed by atoms with Gasteiger partial charge in [-0.25, -0.2) is 0 Å². The molecule has 0 saturated carbocycles. The molecule has 70 valence electrons. The van der Waals surface area contributed by atoms with Crippen LogP contribution in [0.3, 0.4) is 0 Å². The first kappa shape index (κ1) is 10.8. The molecule has 0 amide bonds. The average Bonchev–Trinajstić information content (AvgIpc) is 2.31. The fourth-order valence-electron chi connectivity index (χ4n) is 0.950. The summed E-state index contributed by atoms with van der Waals surface area (Å²) >= 11 is 11.7. The van der Waals surface area contributed by atoms with E-state index in [1.54, 1.807) is 4.90 Å². The summed E-state index contributed by atoms with van der Waals surface area (Å²) < 4.78 is 0.674. The first-order chi connectivity index (χ1) is 6.06. The third-order valence-electron chi connectivity index (χ3n) is 1.52. The third kappa shape index (κ3) is 2.36. The molecule has 0 N–H and O–H groups in total. The Hall–Kier alpha value is -0.260. The van der Waals surface area contributed by atoms with Crippen LogP contribution in [0.25, 0.3) is 0 Å². The molecule has 13 heavy (non-hydrogen) atoms. The zero-order valence-corrected chi connectivity index (χ0v) is 9.81. The second kappa shape index (κ2) is 4.30. The minimum atomic E-state index is 0.0719. The molecule has 1 heterocycles. The van der Waals surface area contributed by atoms with Gasteiger partial charge in [-0.1, -0.05) is 42.3 Å². The summed E-state index contributed by atoms with van der Waals surface area (Å²) in [5, 5.41) is 0. The maximum Gasteiger partial charge on any atom is 0.149 e. The molecule has 0 unspecified atom stereocenters. The van der Waals surface area contributed by atoms with Crippen LogP contribution in [-0.2, 0) is 4.79 Å². The number of thiocarbonyl (C=S) groups is 2. The van der Waals surface area contributed by atoms with Crippen molar-refractivity contribution in [1.29, 1.82) is 0 Å². The van der Waals surface area contributed by atoms with E-state index in [4.69, 9.17) is 24.4 Å². The van der Waals surface area contributed by atoms with Gasteiger partial charge in [-0.2, -0.15) is 0 Å². The number of carbonyl (C=O) groups excluding carboxylic acids is 1. The minimum absolute atomic E-state index is 0.0719. The lowest BCUT2D eigenvalue weighted by Crippen LogP contribution is -2.31. The van der Waals surface area contributed by atoms with Crippen LogP contribution < -0.4 is 0 Å². The molecule has 1 saturated heterocycles. The second-order valence-electron chi connectivity index (χ2n) is 2.61. The molecule has 0 aromatic carbocycles. The van der Waals surface area contributed by atoms with Crippen molar-refractivity contribution in [3.05, 3.63) is 11.0 Å². The van der Waals surface area contributed by atoms with Crippen molar-refractivity contribution in [2.75, 3.05) is 6.54 Å². The fraction of sp³-hybridized carbons (Fsp3) is 0.375. The summed E-state index contributed by atoms with van der Waals surface area (Å²) in [4.78, 5) is 14.2. The van der Waals surface area contributed by atoms with E-state index in [0.29, 0.717) is 15.9 Å². The zero-order valence-electron chi connectivity index (χ0n) is 7.36. The first-order valence-corrected chi connectivity index (χ1v) is 5.39. The highest BCUT2D eigenvalue weighted by atomic mass is 32.2. The van der Waals surface area contributed by atoms with Crippen LogP contribution in [0.4, 0.5) is 0 Å². The highest BCUT2D eigenvalue weighted by Gasteiger charge is 2.28. The molecule has 2 nitrogen and oxygen atoms in total. The van der Waals surface area contributed by atoms with Gasteiger partial charge < -0.3 is 4.90 Å². The largest absolute Gasteiger partial charge is 0.310 e. The number of thioether (sulfide) groups is 1. The molecule has 1 fully saturated rings. The molecule has 1 aliphatic heterocycles. The van der Waals surface area contributed by atoms with Crippen LogP contribution >= 0.6 is 36.2 Å². The summed E-state index contributed by atoms with van der Waals surface area (Å²) in [6.45, 7) is 3.74. The van der Waals surface area contributed by atoms with Crippen LogP contribution in [0.1, 0.15) is 13.8 Å². The summed E-state index contributed by atoms with van der Waals surface area (Å²) in [5.74, 6) is 0.0719. The van der Waals surface area contributed by atoms with Crippen molar-refractivity contribution in [3.8, 4) is 0 Å². The zero-order chi connectivity index (χ0) is 10.0. The Morgan fingerprint density at radius 2 is 2.23 bits per heavy atom. The molecule has 1 aliphatic rings. The Morgan fingerprint density at radius 1 is 1.62 bits per heavy atom. The number of Topliss-reactive ketones (excluding diaryl/α,β-unsaturated/α-hetero) is 1. The maximum atomic E-state index is 10.9. The molecule has 0 bridgehead atoms. The Balaban J connectivity index is 2.82. The monoisotopic (exact) mass is 231 g/mol. The van der Waals surface area contributed by atoms with Crippen molar-refractivity contribution in [1.82, 2.24) is 4.90 Å². The molecular formula is C8H9NOS3. The van der Waals surface area contributed by atoms with E-state index in [0.717, 1.165) is 4.91 Å². The lowest BCUT2D eigenvalue weighted by Gasteiger charge is -2.13. The van der Waals surface area contributed by atoms with Gasteiger partial charge in [0.2, 0.25) is 0 Å². The summed E-state index contributed by atoms with van der Waals surface area (Å²) in [7, 11) is 0. The van der Waals surface area contributed by atoms with Gasteiger partial charge in [0.1, 0.15) is 15.1 Å². The molecule has 1 rings (SSSR count). The molecule has 0 radical (unpaired) electrons. The van der Waals surface area contributed by atoms with Gasteiger partial charge in [0.25, 0.3) is 0 Å². The molecule has 0 spiro atoms. The van der Waals surface area contributed by atoms with Gasteiger partial charge in [-0.05, 0) is 13.8 Å². The first-order valence-electron chi connectivity index (χ1n) is 3.75. The predicted octanol–water partition coefficient (Wildman–Crippen LogP) is 2.14. The van der Waals surface area contributed by atoms with Crippen molar-refractivity contribution >= 4 is 51.3 Å². The number of ketones is 1. The predicted molar refractivity (Wildman–Crippen MR) is 63.9 cm³/mol. The van der Waals surface area contributed by atoms with Crippen LogP contribution in [0.15, 0.2) is 11.0 Å². The van der Waals surface area contributed by atoms with Crippen LogP contribution in [0, 0.1) is 0 Å². The Kier molecular flexibility index (Phi) is 3.58.